The molecule has 1 saturated heterocycles. The summed E-state index contributed by atoms with van der Waals surface area (Å²) < 4.78 is 6.12. The van der Waals surface area contributed by atoms with Crippen LogP contribution in [0.4, 0.5) is 0 Å². The third kappa shape index (κ3) is 10.8. The fourth-order valence-electron chi connectivity index (χ4n) is 5.37. The van der Waals surface area contributed by atoms with Crippen LogP contribution < -0.4 is 21.3 Å². The van der Waals surface area contributed by atoms with Crippen molar-refractivity contribution < 1.29 is 14.0 Å². The lowest BCUT2D eigenvalue weighted by Crippen LogP contribution is -2.50. The maximum absolute atomic E-state index is 13.8. The van der Waals surface area contributed by atoms with E-state index in [1.54, 1.807) is 18.2 Å². The van der Waals surface area contributed by atoms with Gasteiger partial charge in [0.2, 0.25) is 5.91 Å². The summed E-state index contributed by atoms with van der Waals surface area (Å²) in [6, 6.07) is 21.4. The van der Waals surface area contributed by atoms with Crippen molar-refractivity contribution in [2.45, 2.75) is 45.8 Å². The minimum atomic E-state index is -0.381. The van der Waals surface area contributed by atoms with Crippen molar-refractivity contribution in [3.05, 3.63) is 124 Å². The van der Waals surface area contributed by atoms with Crippen LogP contribution >= 0.6 is 11.6 Å². The monoisotopic (exact) mass is 668 g/mol. The van der Waals surface area contributed by atoms with E-state index in [-0.39, 0.29) is 41.0 Å². The predicted octanol–water partition coefficient (Wildman–Crippen LogP) is 5.14. The van der Waals surface area contributed by atoms with E-state index in [1.807, 2.05) is 36.1 Å². The number of piperazine rings is 1. The maximum Gasteiger partial charge on any atom is 0.253 e. The molecule has 2 aromatic carbocycles. The molecule has 0 radical (unpaired) electrons. The van der Waals surface area contributed by atoms with E-state index in [0.717, 1.165) is 30.0 Å². The highest BCUT2D eigenvalue weighted by Crippen LogP contribution is 2.23. The molecule has 2 amide bonds. The first kappa shape index (κ1) is 36.4. The molecule has 0 aliphatic carbocycles. The molecule has 0 spiro atoms. The number of hydrogen-bond acceptors (Lipinski definition) is 7. The van der Waals surface area contributed by atoms with Crippen LogP contribution in [-0.4, -0.2) is 62.0 Å². The molecule has 0 bridgehead atoms. The highest BCUT2D eigenvalue weighted by Gasteiger charge is 2.20. The van der Waals surface area contributed by atoms with E-state index in [0.29, 0.717) is 43.9 Å². The van der Waals surface area contributed by atoms with Gasteiger partial charge in [0.1, 0.15) is 11.5 Å². The number of carbonyl (C=O) groups is 2. The van der Waals surface area contributed by atoms with Gasteiger partial charge in [-0.3, -0.25) is 9.59 Å². The topological polar surface area (TPSA) is 122 Å². The summed E-state index contributed by atoms with van der Waals surface area (Å²) >= 11 is 6.54. The van der Waals surface area contributed by atoms with Gasteiger partial charge in [0.05, 0.1) is 35.3 Å². The summed E-state index contributed by atoms with van der Waals surface area (Å²) in [7, 11) is 0. The van der Waals surface area contributed by atoms with Crippen LogP contribution in [0.15, 0.2) is 94.4 Å². The lowest BCUT2D eigenvalue weighted by molar-refractivity contribution is -0.130. The Morgan fingerprint density at radius 2 is 1.81 bits per heavy atom. The van der Waals surface area contributed by atoms with Gasteiger partial charge in [0.25, 0.3) is 5.91 Å². The van der Waals surface area contributed by atoms with Crippen molar-refractivity contribution in [2.75, 3.05) is 39.3 Å². The molecule has 48 heavy (non-hydrogen) atoms. The lowest BCUT2D eigenvalue weighted by atomic mass is 10.0. The van der Waals surface area contributed by atoms with Crippen molar-refractivity contribution in [2.24, 2.45) is 0 Å². The molecule has 252 valence electrons. The number of benzene rings is 2. The molecule has 2 heterocycles. The van der Waals surface area contributed by atoms with Crippen LogP contribution in [0.5, 0.6) is 0 Å². The number of aryl methyl sites for hydroxylation is 1. The van der Waals surface area contributed by atoms with Crippen molar-refractivity contribution in [3.63, 3.8) is 0 Å². The second-order valence-electron chi connectivity index (χ2n) is 12.0. The molecule has 4 N–H and O–H groups in total. The smallest absolute Gasteiger partial charge is 0.253 e. The second-order valence-corrected chi connectivity index (χ2v) is 12.4. The summed E-state index contributed by atoms with van der Waals surface area (Å²) in [5.74, 6) is 1.03. The Labute approximate surface area is 288 Å². The SMILES string of the molecule is C=C/C(Cl)=C(\C=C(/C)c1ccc(CNC(C)c2ccc(C)cc2)o1)C(=O)N[C@@H](CNCC(=O)N1CCNCC1)Cc1ccc(C#N)cc1. The average Bonchev–Trinajstić information content (AvgIpc) is 3.59. The molecule has 1 aromatic heterocycles. The Balaban J connectivity index is 1.44. The first-order valence-electron chi connectivity index (χ1n) is 16.3. The van der Waals surface area contributed by atoms with Crippen molar-refractivity contribution in [1.29, 1.82) is 5.26 Å². The quantitative estimate of drug-likeness (QED) is 0.131. The number of nitrogens with zero attached hydrogens (tertiary/aromatic N) is 2. The van der Waals surface area contributed by atoms with Crippen molar-refractivity contribution >= 4 is 29.0 Å². The van der Waals surface area contributed by atoms with Crippen molar-refractivity contribution in [1.82, 2.24) is 26.2 Å². The molecule has 4 rings (SSSR count). The molecule has 3 aromatic rings. The van der Waals surface area contributed by atoms with Crippen LogP contribution in [0.3, 0.4) is 0 Å². The highest BCUT2D eigenvalue weighted by molar-refractivity contribution is 6.34. The highest BCUT2D eigenvalue weighted by atomic mass is 35.5. The van der Waals surface area contributed by atoms with Gasteiger partial charge >= 0.3 is 0 Å². The van der Waals surface area contributed by atoms with Gasteiger partial charge in [-0.1, -0.05) is 60.1 Å². The fraction of sp³-hybridized carbons (Fsp3) is 0.342. The van der Waals surface area contributed by atoms with Gasteiger partial charge in [0.15, 0.2) is 0 Å². The second kappa shape index (κ2) is 18.2. The number of halogens is 1. The zero-order valence-electron chi connectivity index (χ0n) is 27.9. The van der Waals surface area contributed by atoms with Crippen LogP contribution in [0.2, 0.25) is 0 Å². The first-order chi connectivity index (χ1) is 23.2. The first-order valence-corrected chi connectivity index (χ1v) is 16.6. The summed E-state index contributed by atoms with van der Waals surface area (Å²) in [6.45, 7) is 13.8. The van der Waals surface area contributed by atoms with Gasteiger partial charge in [-0.2, -0.15) is 5.26 Å². The third-order valence-corrected chi connectivity index (χ3v) is 8.65. The minimum absolute atomic E-state index is 0.0198. The average molecular weight is 669 g/mol. The standard InChI is InChI=1S/C38H45ClN6O3/c1-5-35(39)34(20-27(3)36-15-14-33(48-36)24-43-28(4)31-12-6-26(2)7-13-31)38(47)44-32(21-29-8-10-30(22-40)11-9-29)23-42-25-37(46)45-18-16-41-17-19-45/h5-15,20,28,32,41-43H,1,16-19,21,23-25H2,2-4H3,(H,44,47)/b27-20+,35-34-/t28?,32-/m1/s1. The van der Waals surface area contributed by atoms with Gasteiger partial charge in [0, 0.05) is 44.8 Å². The lowest BCUT2D eigenvalue weighted by Gasteiger charge is -2.28. The van der Waals surface area contributed by atoms with Crippen LogP contribution in [0.25, 0.3) is 5.57 Å². The predicted molar refractivity (Wildman–Crippen MR) is 191 cm³/mol. The zero-order valence-corrected chi connectivity index (χ0v) is 28.7. The van der Waals surface area contributed by atoms with Crippen LogP contribution in [0, 0.1) is 18.3 Å². The van der Waals surface area contributed by atoms with Crippen LogP contribution in [0.1, 0.15) is 53.7 Å². The number of furan rings is 1. The van der Waals surface area contributed by atoms with E-state index >= 15 is 0 Å². The zero-order chi connectivity index (χ0) is 34.5. The number of hydrogen-bond donors (Lipinski definition) is 4. The Morgan fingerprint density at radius 1 is 1.10 bits per heavy atom. The van der Waals surface area contributed by atoms with E-state index in [1.165, 1.54) is 17.2 Å². The van der Waals surface area contributed by atoms with E-state index in [4.69, 9.17) is 16.0 Å². The van der Waals surface area contributed by atoms with Gasteiger partial charge in [-0.05, 0) is 80.3 Å². The Hall–Kier alpha value is -4.46. The summed E-state index contributed by atoms with van der Waals surface area (Å²) in [5, 5.41) is 22.5. The van der Waals surface area contributed by atoms with Crippen LogP contribution in [-0.2, 0) is 22.6 Å². The molecular formula is C38H45ClN6O3. The van der Waals surface area contributed by atoms with Crippen molar-refractivity contribution in [3.8, 4) is 6.07 Å². The number of nitrogens with one attached hydrogen (secondary N) is 4. The molecule has 1 fully saturated rings. The number of amides is 2. The summed E-state index contributed by atoms with van der Waals surface area (Å²) in [5.41, 5.74) is 4.88. The third-order valence-electron chi connectivity index (χ3n) is 8.29. The molecular weight excluding hydrogens is 624 g/mol. The Bertz CT molecular complexity index is 1650. The fourth-order valence-corrected chi connectivity index (χ4v) is 5.51. The number of rotatable bonds is 15. The molecule has 2 atom stereocenters. The molecule has 10 heteroatoms. The minimum Gasteiger partial charge on any atom is -0.460 e. The summed E-state index contributed by atoms with van der Waals surface area (Å²) in [6.07, 6.45) is 3.61. The molecule has 1 aliphatic heterocycles. The number of allylic oxidation sites excluding steroid dienone is 3. The summed E-state index contributed by atoms with van der Waals surface area (Å²) in [4.78, 5) is 28.3. The number of nitriles is 1. The van der Waals surface area contributed by atoms with Gasteiger partial charge in [-0.15, -0.1) is 0 Å². The molecule has 0 saturated carbocycles. The van der Waals surface area contributed by atoms with E-state index in [2.05, 4.69) is 72.0 Å². The molecule has 1 unspecified atom stereocenters. The largest absolute Gasteiger partial charge is 0.460 e. The Morgan fingerprint density at radius 3 is 2.48 bits per heavy atom. The Kier molecular flexibility index (Phi) is 13.8. The van der Waals surface area contributed by atoms with Gasteiger partial charge < -0.3 is 30.6 Å². The maximum atomic E-state index is 13.8. The number of carbonyl (C=O) groups excluding carboxylic acids is 2. The van der Waals surface area contributed by atoms with E-state index in [9.17, 15) is 14.9 Å². The van der Waals surface area contributed by atoms with E-state index < -0.39 is 0 Å². The molecule has 9 nitrogen and oxygen atoms in total. The normalized spacial score (nSPS) is 15.2. The molecule has 1 aliphatic rings. The van der Waals surface area contributed by atoms with Gasteiger partial charge in [-0.25, -0.2) is 0 Å².